The maximum atomic E-state index is 13.9. The Labute approximate surface area is 214 Å². The molecule has 1 aliphatic rings. The molecule has 1 saturated heterocycles. The first-order valence-corrected chi connectivity index (χ1v) is 13.1. The first kappa shape index (κ1) is 23.7. The summed E-state index contributed by atoms with van der Waals surface area (Å²) in [6.45, 7) is 4.58. The van der Waals surface area contributed by atoms with Crippen molar-refractivity contribution in [1.29, 1.82) is 0 Å². The molecule has 1 amide bonds. The summed E-state index contributed by atoms with van der Waals surface area (Å²) in [5.74, 6) is 1.35. The molecular weight excluding hydrogens is 478 g/mol. The lowest BCUT2D eigenvalue weighted by atomic mass is 9.97. The third-order valence-electron chi connectivity index (χ3n) is 6.44. The number of thiophene rings is 1. The average molecular weight is 506 g/mol. The number of halogens is 1. The summed E-state index contributed by atoms with van der Waals surface area (Å²) in [6, 6.07) is 19.8. The van der Waals surface area contributed by atoms with Crippen LogP contribution in [0.1, 0.15) is 41.0 Å². The number of fused-ring (bicyclic) bond motifs is 1. The van der Waals surface area contributed by atoms with Gasteiger partial charge in [-0.2, -0.15) is 4.98 Å². The number of piperidine rings is 1. The van der Waals surface area contributed by atoms with Gasteiger partial charge in [0.2, 0.25) is 5.95 Å². The van der Waals surface area contributed by atoms with Gasteiger partial charge in [0.05, 0.1) is 11.1 Å². The van der Waals surface area contributed by atoms with Crippen molar-refractivity contribution in [3.05, 3.63) is 82.3 Å². The summed E-state index contributed by atoms with van der Waals surface area (Å²) >= 11 is 8.14. The van der Waals surface area contributed by atoms with Gasteiger partial charge in [0, 0.05) is 22.8 Å². The Morgan fingerprint density at radius 3 is 2.66 bits per heavy atom. The van der Waals surface area contributed by atoms with Crippen molar-refractivity contribution in [2.45, 2.75) is 25.8 Å². The zero-order chi connectivity index (χ0) is 24.2. The Balaban J connectivity index is 1.46. The summed E-state index contributed by atoms with van der Waals surface area (Å²) in [5, 5.41) is 8.20. The predicted octanol–water partition coefficient (Wildman–Crippen LogP) is 6.16. The van der Waals surface area contributed by atoms with E-state index in [1.54, 1.807) is 17.2 Å². The number of benzene rings is 2. The molecule has 0 saturated carbocycles. The smallest absolute Gasteiger partial charge is 0.271 e. The molecule has 3 heterocycles. The molecular formula is C27H28ClN5OS. The lowest BCUT2D eigenvalue weighted by molar-refractivity contribution is 0.0984. The fourth-order valence-electron chi connectivity index (χ4n) is 4.46. The van der Waals surface area contributed by atoms with Crippen LogP contribution in [0.25, 0.3) is 10.1 Å². The van der Waals surface area contributed by atoms with Crippen molar-refractivity contribution < 1.29 is 4.79 Å². The Hall–Kier alpha value is -3.00. The number of carbonyl (C=O) groups excluding carboxylic acids is 1. The first-order valence-electron chi connectivity index (χ1n) is 11.9. The van der Waals surface area contributed by atoms with Gasteiger partial charge in [0.15, 0.2) is 0 Å². The van der Waals surface area contributed by atoms with Gasteiger partial charge in [-0.15, -0.1) is 11.3 Å². The molecule has 2 aromatic carbocycles. The fraction of sp³-hybridized carbons (Fsp3) is 0.296. The third kappa shape index (κ3) is 5.32. The Kier molecular flexibility index (Phi) is 7.27. The van der Waals surface area contributed by atoms with E-state index < -0.39 is 0 Å². The number of nitrogens with one attached hydrogen (secondary N) is 2. The summed E-state index contributed by atoms with van der Waals surface area (Å²) in [7, 11) is 0. The van der Waals surface area contributed by atoms with E-state index in [-0.39, 0.29) is 11.9 Å². The third-order valence-corrected chi connectivity index (χ3v) is 8.10. The SMILES string of the molecule is C[C@H](Nc1nccc(N(CC2CCNCC2)C(=O)c2sc3ccccc3c2Cl)n1)c1ccccc1. The quantitative estimate of drug-likeness (QED) is 0.314. The maximum Gasteiger partial charge on any atom is 0.271 e. The second-order valence-electron chi connectivity index (χ2n) is 8.87. The molecule has 6 nitrogen and oxygen atoms in total. The van der Waals surface area contributed by atoms with Gasteiger partial charge >= 0.3 is 0 Å². The lowest BCUT2D eigenvalue weighted by Crippen LogP contribution is -2.40. The van der Waals surface area contributed by atoms with Crippen molar-refractivity contribution in [3.8, 4) is 0 Å². The van der Waals surface area contributed by atoms with E-state index >= 15 is 0 Å². The van der Waals surface area contributed by atoms with Crippen molar-refractivity contribution in [1.82, 2.24) is 15.3 Å². The van der Waals surface area contributed by atoms with Gasteiger partial charge in [0.25, 0.3) is 5.91 Å². The molecule has 2 aromatic heterocycles. The first-order chi connectivity index (χ1) is 17.1. The van der Waals surface area contributed by atoms with Crippen LogP contribution in [0.3, 0.4) is 0 Å². The minimum absolute atomic E-state index is 0.0251. The molecule has 5 rings (SSSR count). The van der Waals surface area contributed by atoms with Crippen LogP contribution in [-0.4, -0.2) is 35.5 Å². The molecule has 4 aromatic rings. The maximum absolute atomic E-state index is 13.9. The van der Waals surface area contributed by atoms with Gasteiger partial charge in [-0.25, -0.2) is 4.98 Å². The molecule has 35 heavy (non-hydrogen) atoms. The highest BCUT2D eigenvalue weighted by Crippen LogP contribution is 2.37. The van der Waals surface area contributed by atoms with Crippen LogP contribution >= 0.6 is 22.9 Å². The number of anilines is 2. The summed E-state index contributed by atoms with van der Waals surface area (Å²) < 4.78 is 1.00. The van der Waals surface area contributed by atoms with E-state index in [1.165, 1.54) is 11.3 Å². The van der Waals surface area contributed by atoms with Gasteiger partial charge in [-0.1, -0.05) is 60.1 Å². The second kappa shape index (κ2) is 10.7. The molecule has 0 aliphatic carbocycles. The summed E-state index contributed by atoms with van der Waals surface area (Å²) in [4.78, 5) is 25.4. The molecule has 0 spiro atoms. The minimum Gasteiger partial charge on any atom is -0.348 e. The van der Waals surface area contributed by atoms with Gasteiger partial charge < -0.3 is 10.6 Å². The van der Waals surface area contributed by atoms with Crippen LogP contribution < -0.4 is 15.5 Å². The summed E-state index contributed by atoms with van der Waals surface area (Å²) in [6.07, 6.45) is 3.74. The van der Waals surface area contributed by atoms with E-state index in [0.29, 0.717) is 34.1 Å². The number of aromatic nitrogens is 2. The largest absolute Gasteiger partial charge is 0.348 e. The molecule has 0 radical (unpaired) electrons. The highest BCUT2D eigenvalue weighted by atomic mass is 35.5. The standard InChI is InChI=1S/C27H28ClN5OS/c1-18(20-7-3-2-4-8-20)31-27-30-16-13-23(32-27)33(17-19-11-14-29-15-12-19)26(34)25-24(28)21-9-5-6-10-22(21)35-25/h2-10,13,16,18-19,29H,11-12,14-15,17H2,1H3,(H,30,31,32)/t18-/m0/s1. The van der Waals surface area contributed by atoms with E-state index in [9.17, 15) is 4.79 Å². The monoisotopic (exact) mass is 505 g/mol. The minimum atomic E-state index is -0.115. The van der Waals surface area contributed by atoms with Crippen LogP contribution in [-0.2, 0) is 0 Å². The van der Waals surface area contributed by atoms with Crippen molar-refractivity contribution in [2.24, 2.45) is 5.92 Å². The van der Waals surface area contributed by atoms with E-state index in [4.69, 9.17) is 16.6 Å². The predicted molar refractivity (Wildman–Crippen MR) is 145 cm³/mol. The van der Waals surface area contributed by atoms with E-state index in [2.05, 4.69) is 34.7 Å². The van der Waals surface area contributed by atoms with Crippen molar-refractivity contribution >= 4 is 50.7 Å². The molecule has 1 fully saturated rings. The second-order valence-corrected chi connectivity index (χ2v) is 10.3. The number of hydrogen-bond donors (Lipinski definition) is 2. The molecule has 8 heteroatoms. The number of rotatable bonds is 7. The number of nitrogens with zero attached hydrogens (tertiary/aromatic N) is 3. The topological polar surface area (TPSA) is 70.2 Å². The molecule has 0 bridgehead atoms. The Morgan fingerprint density at radius 1 is 1.14 bits per heavy atom. The fourth-order valence-corrected chi connectivity index (χ4v) is 5.93. The van der Waals surface area contributed by atoms with Crippen LogP contribution in [0.15, 0.2) is 66.9 Å². The molecule has 180 valence electrons. The highest BCUT2D eigenvalue weighted by molar-refractivity contribution is 7.21. The van der Waals surface area contributed by atoms with E-state index in [1.807, 2.05) is 42.5 Å². The van der Waals surface area contributed by atoms with Crippen LogP contribution in [0.4, 0.5) is 11.8 Å². The highest BCUT2D eigenvalue weighted by Gasteiger charge is 2.28. The van der Waals surface area contributed by atoms with Crippen molar-refractivity contribution in [3.63, 3.8) is 0 Å². The number of carbonyl (C=O) groups is 1. The van der Waals surface area contributed by atoms with Gasteiger partial charge in [0.1, 0.15) is 10.7 Å². The molecule has 0 unspecified atom stereocenters. The lowest BCUT2D eigenvalue weighted by Gasteiger charge is -2.29. The molecule has 1 atom stereocenters. The molecule has 1 aliphatic heterocycles. The Morgan fingerprint density at radius 2 is 1.89 bits per heavy atom. The number of hydrogen-bond acceptors (Lipinski definition) is 6. The molecule has 2 N–H and O–H groups in total. The average Bonchev–Trinajstić information content (AvgIpc) is 3.24. The van der Waals surface area contributed by atoms with E-state index in [0.717, 1.165) is 41.6 Å². The number of amides is 1. The Bertz CT molecular complexity index is 1310. The summed E-state index contributed by atoms with van der Waals surface area (Å²) in [5.41, 5.74) is 1.14. The van der Waals surface area contributed by atoms with Gasteiger partial charge in [-0.3, -0.25) is 9.69 Å². The van der Waals surface area contributed by atoms with Crippen LogP contribution in [0.2, 0.25) is 5.02 Å². The van der Waals surface area contributed by atoms with Crippen LogP contribution in [0, 0.1) is 5.92 Å². The van der Waals surface area contributed by atoms with Crippen LogP contribution in [0.5, 0.6) is 0 Å². The zero-order valence-corrected chi connectivity index (χ0v) is 21.1. The zero-order valence-electron chi connectivity index (χ0n) is 19.6. The normalized spacial score (nSPS) is 15.1. The van der Waals surface area contributed by atoms with Crippen molar-refractivity contribution in [2.75, 3.05) is 29.9 Å². The van der Waals surface area contributed by atoms with Gasteiger partial charge in [-0.05, 0) is 56.5 Å².